The number of carbonyl (C=O) groups excluding carboxylic acids is 2. The fourth-order valence-corrected chi connectivity index (χ4v) is 2.64. The predicted octanol–water partition coefficient (Wildman–Crippen LogP) is 1.74. The first-order valence-corrected chi connectivity index (χ1v) is 8.33. The van der Waals surface area contributed by atoms with Gasteiger partial charge in [0.05, 0.1) is 17.1 Å². The summed E-state index contributed by atoms with van der Waals surface area (Å²) in [6.45, 7) is 1.77. The summed E-state index contributed by atoms with van der Waals surface area (Å²) in [5.74, 6) is -0.926. The summed E-state index contributed by atoms with van der Waals surface area (Å²) in [7, 11) is -3.98. The van der Waals surface area contributed by atoms with Gasteiger partial charge < -0.3 is 9.47 Å². The number of ether oxygens (including phenoxy) is 2. The lowest BCUT2D eigenvalue weighted by atomic mass is 10.3. The number of pyridine rings is 1. The summed E-state index contributed by atoms with van der Waals surface area (Å²) < 4.78 is 35.4. The van der Waals surface area contributed by atoms with E-state index in [4.69, 9.17) is 4.74 Å². The van der Waals surface area contributed by atoms with Crippen LogP contribution in [0, 0.1) is 0 Å². The molecule has 0 atom stereocenters. The van der Waals surface area contributed by atoms with Crippen LogP contribution >= 0.6 is 0 Å². The zero-order chi connectivity index (χ0) is 17.6. The van der Waals surface area contributed by atoms with Crippen molar-refractivity contribution in [3.63, 3.8) is 0 Å². The van der Waals surface area contributed by atoms with Crippen molar-refractivity contribution in [2.45, 2.75) is 11.8 Å². The molecule has 0 spiro atoms. The maximum absolute atomic E-state index is 12.1. The second-order valence-corrected chi connectivity index (χ2v) is 6.10. The Kier molecular flexibility index (Phi) is 5.48. The number of carbonyl (C=O) groups is 2. The molecule has 2 rings (SSSR count). The third-order valence-electron chi connectivity index (χ3n) is 2.73. The van der Waals surface area contributed by atoms with Crippen molar-refractivity contribution in [3.05, 3.63) is 54.2 Å². The van der Waals surface area contributed by atoms with Crippen LogP contribution in [0.2, 0.25) is 0 Å². The van der Waals surface area contributed by atoms with Gasteiger partial charge in [-0.3, -0.25) is 4.79 Å². The lowest BCUT2D eigenvalue weighted by Crippen LogP contribution is -2.30. The fourth-order valence-electron chi connectivity index (χ4n) is 1.65. The average molecular weight is 350 g/mol. The Labute approximate surface area is 138 Å². The zero-order valence-corrected chi connectivity index (χ0v) is 13.4. The second-order valence-electron chi connectivity index (χ2n) is 4.42. The highest BCUT2D eigenvalue weighted by Crippen LogP contribution is 2.11. The van der Waals surface area contributed by atoms with Crippen molar-refractivity contribution < 1.29 is 27.5 Å². The van der Waals surface area contributed by atoms with Gasteiger partial charge in [-0.25, -0.2) is 22.9 Å². The first kappa shape index (κ1) is 17.4. The van der Waals surface area contributed by atoms with Crippen molar-refractivity contribution in [2.75, 3.05) is 6.61 Å². The molecule has 0 bridgehead atoms. The second kappa shape index (κ2) is 7.55. The molecule has 24 heavy (non-hydrogen) atoms. The van der Waals surface area contributed by atoms with Crippen LogP contribution < -0.4 is 9.46 Å². The molecule has 126 valence electrons. The van der Waals surface area contributed by atoms with Crippen LogP contribution in [0.4, 0.5) is 4.79 Å². The van der Waals surface area contributed by atoms with Gasteiger partial charge in [-0.2, -0.15) is 0 Å². The van der Waals surface area contributed by atoms with Gasteiger partial charge in [0.25, 0.3) is 15.9 Å². The highest BCUT2D eigenvalue weighted by Gasteiger charge is 2.18. The van der Waals surface area contributed by atoms with E-state index in [0.717, 1.165) is 6.20 Å². The van der Waals surface area contributed by atoms with Gasteiger partial charge in [-0.1, -0.05) is 18.2 Å². The number of nitrogens with zero attached hydrogens (tertiary/aromatic N) is 1. The normalized spacial score (nSPS) is 10.7. The molecule has 2 aromatic rings. The monoisotopic (exact) mass is 350 g/mol. The third kappa shape index (κ3) is 4.53. The van der Waals surface area contributed by atoms with Crippen LogP contribution in [0.5, 0.6) is 5.88 Å². The van der Waals surface area contributed by atoms with E-state index in [1.54, 1.807) is 25.1 Å². The van der Waals surface area contributed by atoms with Gasteiger partial charge in [-0.05, 0) is 25.1 Å². The van der Waals surface area contributed by atoms with Crippen molar-refractivity contribution in [1.82, 2.24) is 9.71 Å². The van der Waals surface area contributed by atoms with E-state index in [0.29, 0.717) is 0 Å². The molecule has 0 saturated heterocycles. The van der Waals surface area contributed by atoms with Gasteiger partial charge in [0.1, 0.15) is 0 Å². The predicted molar refractivity (Wildman–Crippen MR) is 83.0 cm³/mol. The van der Waals surface area contributed by atoms with E-state index in [9.17, 15) is 18.0 Å². The van der Waals surface area contributed by atoms with Crippen molar-refractivity contribution >= 4 is 22.1 Å². The summed E-state index contributed by atoms with van der Waals surface area (Å²) in [6, 6.07) is 10.0. The molecule has 0 fully saturated rings. The van der Waals surface area contributed by atoms with Gasteiger partial charge in [-0.15, -0.1) is 0 Å². The highest BCUT2D eigenvalue weighted by molar-refractivity contribution is 7.90. The standard InChI is InChI=1S/C15H14N2O6S/c1-2-22-15(19)23-13-9-8-11(10-16-13)14(18)17-24(20,21)12-6-4-3-5-7-12/h3-10H,2H2,1H3,(H,17,18). The summed E-state index contributed by atoms with van der Waals surface area (Å²) in [4.78, 5) is 26.9. The number of sulfonamides is 1. The summed E-state index contributed by atoms with van der Waals surface area (Å²) >= 11 is 0. The highest BCUT2D eigenvalue weighted by atomic mass is 32.2. The lowest BCUT2D eigenvalue weighted by Gasteiger charge is -2.07. The Balaban J connectivity index is 2.06. The maximum atomic E-state index is 12.1. The van der Waals surface area contributed by atoms with Gasteiger partial charge in [0.2, 0.25) is 5.88 Å². The van der Waals surface area contributed by atoms with E-state index in [1.165, 1.54) is 24.3 Å². The average Bonchev–Trinajstić information content (AvgIpc) is 2.56. The smallest absolute Gasteiger partial charge is 0.434 e. The molecule has 0 radical (unpaired) electrons. The number of rotatable bonds is 5. The van der Waals surface area contributed by atoms with Crippen LogP contribution in [-0.4, -0.2) is 32.1 Å². The lowest BCUT2D eigenvalue weighted by molar-refractivity contribution is 0.0981. The minimum atomic E-state index is -3.98. The van der Waals surface area contributed by atoms with Crippen LogP contribution in [-0.2, 0) is 14.8 Å². The number of hydrogen-bond donors (Lipinski definition) is 1. The van der Waals surface area contributed by atoms with E-state index < -0.39 is 22.1 Å². The molecular weight excluding hydrogens is 336 g/mol. The first-order valence-electron chi connectivity index (χ1n) is 6.85. The maximum Gasteiger partial charge on any atom is 0.515 e. The fraction of sp³-hybridized carbons (Fsp3) is 0.133. The Morgan fingerprint density at radius 3 is 2.42 bits per heavy atom. The SMILES string of the molecule is CCOC(=O)Oc1ccc(C(=O)NS(=O)(=O)c2ccccc2)cn1. The van der Waals surface area contributed by atoms with Gasteiger partial charge >= 0.3 is 6.16 Å². The molecule has 0 aliphatic carbocycles. The molecule has 1 aromatic carbocycles. The number of benzene rings is 1. The quantitative estimate of drug-likeness (QED) is 0.817. The molecule has 1 heterocycles. The summed E-state index contributed by atoms with van der Waals surface area (Å²) in [6.07, 6.45) is 0.165. The van der Waals surface area contributed by atoms with Crippen LogP contribution in [0.25, 0.3) is 0 Å². The molecule has 0 aliphatic heterocycles. The van der Waals surface area contributed by atoms with E-state index in [-0.39, 0.29) is 22.9 Å². The largest absolute Gasteiger partial charge is 0.515 e. The first-order chi connectivity index (χ1) is 11.4. The van der Waals surface area contributed by atoms with E-state index in [1.807, 2.05) is 4.72 Å². The molecule has 1 amide bonds. The molecule has 0 unspecified atom stereocenters. The Morgan fingerprint density at radius 2 is 1.83 bits per heavy atom. The third-order valence-corrected chi connectivity index (χ3v) is 4.08. The zero-order valence-electron chi connectivity index (χ0n) is 12.6. The number of nitrogens with one attached hydrogen (secondary N) is 1. The summed E-state index contributed by atoms with van der Waals surface area (Å²) in [5, 5.41) is 0. The van der Waals surface area contributed by atoms with E-state index in [2.05, 4.69) is 9.72 Å². The topological polar surface area (TPSA) is 112 Å². The molecule has 8 nitrogen and oxygen atoms in total. The molecule has 0 aliphatic rings. The van der Waals surface area contributed by atoms with Crippen molar-refractivity contribution in [3.8, 4) is 5.88 Å². The minimum absolute atomic E-state index is 0.00860. The van der Waals surface area contributed by atoms with Crippen molar-refractivity contribution in [1.29, 1.82) is 0 Å². The molecular formula is C15H14N2O6S. The number of hydrogen-bond acceptors (Lipinski definition) is 7. The minimum Gasteiger partial charge on any atom is -0.434 e. The number of amides is 1. The summed E-state index contributed by atoms with van der Waals surface area (Å²) in [5.41, 5.74) is -0.00860. The molecule has 9 heteroatoms. The van der Waals surface area contributed by atoms with Crippen molar-refractivity contribution in [2.24, 2.45) is 0 Å². The van der Waals surface area contributed by atoms with Crippen LogP contribution in [0.3, 0.4) is 0 Å². The molecule has 1 aromatic heterocycles. The van der Waals surface area contributed by atoms with E-state index >= 15 is 0 Å². The Bertz CT molecular complexity index is 819. The number of aromatic nitrogens is 1. The Hall–Kier alpha value is -2.94. The van der Waals surface area contributed by atoms with Gasteiger partial charge in [0, 0.05) is 12.3 Å². The Morgan fingerprint density at radius 1 is 1.12 bits per heavy atom. The van der Waals surface area contributed by atoms with Crippen LogP contribution in [0.1, 0.15) is 17.3 Å². The van der Waals surface area contributed by atoms with Gasteiger partial charge in [0.15, 0.2) is 0 Å². The molecule has 1 N–H and O–H groups in total. The van der Waals surface area contributed by atoms with Crippen LogP contribution in [0.15, 0.2) is 53.6 Å². The molecule has 0 saturated carbocycles.